The van der Waals surface area contributed by atoms with Crippen LogP contribution < -0.4 is 5.73 Å². The summed E-state index contributed by atoms with van der Waals surface area (Å²) >= 11 is 0. The molecule has 0 saturated carbocycles. The lowest BCUT2D eigenvalue weighted by molar-refractivity contribution is -0.296. The fourth-order valence-electron chi connectivity index (χ4n) is 1.65. The molecule has 8 nitrogen and oxygen atoms in total. The average Bonchev–Trinajstić information content (AvgIpc) is 2.30. The maximum Gasteiger partial charge on any atom is 0.258 e. The van der Waals surface area contributed by atoms with Crippen LogP contribution in [-0.2, 0) is 14.3 Å². The Labute approximate surface area is 96.6 Å². The van der Waals surface area contributed by atoms with Gasteiger partial charge in [-0.15, -0.1) is 0 Å². The summed E-state index contributed by atoms with van der Waals surface area (Å²) in [5.74, 6) is -5.09. The lowest BCUT2D eigenvalue weighted by atomic mass is 9.87. The normalized spacial score (nSPS) is 42.2. The van der Waals surface area contributed by atoms with Gasteiger partial charge in [-0.25, -0.2) is 0 Å². The van der Waals surface area contributed by atoms with Crippen LogP contribution in [0.25, 0.3) is 0 Å². The predicted molar refractivity (Wildman–Crippen MR) is 52.6 cm³/mol. The van der Waals surface area contributed by atoms with E-state index >= 15 is 0 Å². The molecule has 0 bridgehead atoms. The molecule has 8 heteroatoms. The van der Waals surface area contributed by atoms with Gasteiger partial charge in [0, 0.05) is 6.92 Å². The van der Waals surface area contributed by atoms with Crippen molar-refractivity contribution in [1.29, 1.82) is 0 Å². The number of carbonyl (C=O) groups is 2. The maximum absolute atomic E-state index is 11.5. The Morgan fingerprint density at radius 1 is 1.35 bits per heavy atom. The summed E-state index contributed by atoms with van der Waals surface area (Å²) in [4.78, 5) is 22.4. The highest BCUT2D eigenvalue weighted by atomic mass is 16.7. The van der Waals surface area contributed by atoms with Crippen molar-refractivity contribution in [2.75, 3.05) is 6.61 Å². The monoisotopic (exact) mass is 249 g/mol. The highest BCUT2D eigenvalue weighted by Gasteiger charge is 2.56. The van der Waals surface area contributed by atoms with Crippen molar-refractivity contribution >= 4 is 11.6 Å². The van der Waals surface area contributed by atoms with Crippen LogP contribution in [0, 0.1) is 0 Å². The molecular formula is C9H15NO7. The quantitative estimate of drug-likeness (QED) is 0.320. The molecule has 0 spiro atoms. The molecule has 1 aliphatic heterocycles. The molecule has 1 fully saturated rings. The molecule has 1 saturated heterocycles. The third-order valence-corrected chi connectivity index (χ3v) is 2.71. The lowest BCUT2D eigenvalue weighted by Crippen LogP contribution is -2.71. The van der Waals surface area contributed by atoms with Crippen LogP contribution in [0.15, 0.2) is 0 Å². The molecule has 5 atom stereocenters. The van der Waals surface area contributed by atoms with E-state index in [0.29, 0.717) is 0 Å². The van der Waals surface area contributed by atoms with Crippen LogP contribution in [0.5, 0.6) is 0 Å². The molecular weight excluding hydrogens is 234 g/mol. The van der Waals surface area contributed by atoms with E-state index in [4.69, 9.17) is 15.6 Å². The van der Waals surface area contributed by atoms with Crippen LogP contribution in [0.2, 0.25) is 0 Å². The van der Waals surface area contributed by atoms with Gasteiger partial charge in [0.2, 0.25) is 5.78 Å². The highest BCUT2D eigenvalue weighted by Crippen LogP contribution is 2.27. The first-order chi connectivity index (χ1) is 7.75. The molecule has 0 aliphatic carbocycles. The second kappa shape index (κ2) is 4.77. The summed E-state index contributed by atoms with van der Waals surface area (Å²) in [7, 11) is 0. The summed E-state index contributed by atoms with van der Waals surface area (Å²) in [6.45, 7) is 0.153. The number of hydrogen-bond donors (Lipinski definition) is 5. The number of aliphatic hydroxyl groups excluding tert-OH is 3. The minimum Gasteiger partial charge on any atom is -0.394 e. The smallest absolute Gasteiger partial charge is 0.258 e. The van der Waals surface area contributed by atoms with Gasteiger partial charge in [0.1, 0.15) is 18.3 Å². The van der Waals surface area contributed by atoms with E-state index in [-0.39, 0.29) is 0 Å². The van der Waals surface area contributed by atoms with Gasteiger partial charge in [-0.3, -0.25) is 9.59 Å². The number of rotatable bonds is 3. The Kier molecular flexibility index (Phi) is 3.97. The minimum absolute atomic E-state index is 0.752. The second-order valence-corrected chi connectivity index (χ2v) is 3.93. The van der Waals surface area contributed by atoms with Gasteiger partial charge in [0.05, 0.1) is 12.6 Å². The summed E-state index contributed by atoms with van der Waals surface area (Å²) in [6, 6.07) is -1.68. The molecule has 98 valence electrons. The number of carbonyl (C=O) groups excluding carboxylic acids is 2. The van der Waals surface area contributed by atoms with Crippen LogP contribution >= 0.6 is 0 Å². The Balaban J connectivity index is 3.07. The van der Waals surface area contributed by atoms with E-state index in [0.717, 1.165) is 6.92 Å². The molecule has 0 amide bonds. The summed E-state index contributed by atoms with van der Waals surface area (Å²) < 4.78 is 4.74. The van der Waals surface area contributed by atoms with Crippen molar-refractivity contribution in [1.82, 2.24) is 0 Å². The molecule has 0 aromatic carbocycles. The Morgan fingerprint density at radius 2 is 1.88 bits per heavy atom. The third kappa shape index (κ3) is 2.23. The average molecular weight is 249 g/mol. The first-order valence-electron chi connectivity index (χ1n) is 4.93. The fraction of sp³-hybridized carbons (Fsp3) is 0.778. The van der Waals surface area contributed by atoms with E-state index in [2.05, 4.69) is 0 Å². The summed E-state index contributed by atoms with van der Waals surface area (Å²) in [5.41, 5.74) is 5.36. The van der Waals surface area contributed by atoms with Crippen molar-refractivity contribution in [2.24, 2.45) is 5.73 Å². The van der Waals surface area contributed by atoms with E-state index in [1.165, 1.54) is 0 Å². The fourth-order valence-corrected chi connectivity index (χ4v) is 1.65. The van der Waals surface area contributed by atoms with Crippen molar-refractivity contribution in [3.8, 4) is 0 Å². The third-order valence-electron chi connectivity index (χ3n) is 2.71. The number of hydrogen-bond acceptors (Lipinski definition) is 8. The van der Waals surface area contributed by atoms with E-state index in [1.54, 1.807) is 0 Å². The Hall–Kier alpha value is -0.900. The minimum atomic E-state index is -2.74. The Morgan fingerprint density at radius 3 is 2.29 bits per heavy atom. The van der Waals surface area contributed by atoms with Gasteiger partial charge in [-0.2, -0.15) is 0 Å². The topological polar surface area (TPSA) is 150 Å². The van der Waals surface area contributed by atoms with Crippen LogP contribution in [0.1, 0.15) is 6.92 Å². The summed E-state index contributed by atoms with van der Waals surface area (Å²) in [6.07, 6.45) is -4.66. The zero-order chi connectivity index (χ0) is 13.4. The largest absolute Gasteiger partial charge is 0.394 e. The standard InChI is InChI=1S/C9H15NO7/c1-3(12)8(15)9(16)7(10)6(14)5(13)4(2-11)17-9/h4-7,11,13-14,16H,2,10H2,1H3/t4-,5-,6+,7-,9?/m1/s1. The van der Waals surface area contributed by atoms with Crippen molar-refractivity contribution < 1.29 is 34.8 Å². The number of ketones is 2. The second-order valence-electron chi connectivity index (χ2n) is 3.93. The van der Waals surface area contributed by atoms with E-state index in [1.807, 2.05) is 0 Å². The number of ether oxygens (including phenoxy) is 1. The van der Waals surface area contributed by atoms with Gasteiger partial charge < -0.3 is 30.9 Å². The lowest BCUT2D eigenvalue weighted by Gasteiger charge is -2.44. The first-order valence-corrected chi connectivity index (χ1v) is 4.93. The molecule has 1 rings (SSSR count). The maximum atomic E-state index is 11.5. The highest BCUT2D eigenvalue weighted by molar-refractivity contribution is 6.39. The zero-order valence-corrected chi connectivity index (χ0v) is 9.11. The molecule has 0 radical (unpaired) electrons. The number of aliphatic hydroxyl groups is 4. The van der Waals surface area contributed by atoms with Gasteiger partial charge in [-0.05, 0) is 0 Å². The van der Waals surface area contributed by atoms with E-state index < -0.39 is 48.3 Å². The molecule has 0 aromatic heterocycles. The van der Waals surface area contributed by atoms with Crippen molar-refractivity contribution in [3.63, 3.8) is 0 Å². The number of nitrogens with two attached hydrogens (primary N) is 1. The van der Waals surface area contributed by atoms with E-state index in [9.17, 15) is 24.9 Å². The molecule has 6 N–H and O–H groups in total. The Bertz CT molecular complexity index is 331. The molecule has 0 aromatic rings. The predicted octanol–water partition coefficient (Wildman–Crippen LogP) is -3.73. The van der Waals surface area contributed by atoms with Crippen molar-refractivity contribution in [2.45, 2.75) is 37.1 Å². The van der Waals surface area contributed by atoms with Crippen molar-refractivity contribution in [3.05, 3.63) is 0 Å². The van der Waals surface area contributed by atoms with Gasteiger partial charge in [0.25, 0.3) is 11.6 Å². The molecule has 17 heavy (non-hydrogen) atoms. The molecule has 1 unspecified atom stereocenters. The zero-order valence-electron chi connectivity index (χ0n) is 9.11. The summed E-state index contributed by atoms with van der Waals surface area (Å²) in [5, 5.41) is 37.7. The molecule has 1 heterocycles. The van der Waals surface area contributed by atoms with Crippen LogP contribution in [0.4, 0.5) is 0 Å². The molecule has 1 aliphatic rings. The SMILES string of the molecule is CC(=O)C(=O)C1(O)O[C@H](CO)[C@@H](O)[C@H](O)[C@H]1N. The number of Topliss-reactive ketones (excluding diaryl/α,β-unsaturated/α-hetero) is 2. The van der Waals surface area contributed by atoms with Gasteiger partial charge >= 0.3 is 0 Å². The van der Waals surface area contributed by atoms with Crippen LogP contribution in [0.3, 0.4) is 0 Å². The van der Waals surface area contributed by atoms with Gasteiger partial charge in [0.15, 0.2) is 0 Å². The van der Waals surface area contributed by atoms with Crippen LogP contribution in [-0.4, -0.2) is 68.7 Å². The van der Waals surface area contributed by atoms with Gasteiger partial charge in [-0.1, -0.05) is 0 Å². The first kappa shape index (κ1) is 14.2.